The van der Waals surface area contributed by atoms with Crippen LogP contribution in [0.25, 0.3) is 0 Å². The lowest BCUT2D eigenvalue weighted by Gasteiger charge is -2.32. The Balaban J connectivity index is 1.53. The van der Waals surface area contributed by atoms with Crippen LogP contribution in [0.2, 0.25) is 0 Å². The van der Waals surface area contributed by atoms with Gasteiger partial charge in [0.15, 0.2) is 21.5 Å². The molecule has 1 unspecified atom stereocenters. The highest BCUT2D eigenvalue weighted by Gasteiger charge is 2.33. The fourth-order valence-corrected chi connectivity index (χ4v) is 5.06. The first-order valence-corrected chi connectivity index (χ1v) is 10.3. The number of amides is 2. The molecule has 2 aliphatic heterocycles. The summed E-state index contributed by atoms with van der Waals surface area (Å²) in [6.07, 6.45) is 1.32. The third kappa shape index (κ3) is 4.20. The van der Waals surface area contributed by atoms with Gasteiger partial charge in [-0.2, -0.15) is 0 Å². The largest absolute Gasteiger partial charge is 0.352 e. The number of hydrogen-bond donors (Lipinski definition) is 1. The van der Waals surface area contributed by atoms with E-state index in [-0.39, 0.29) is 34.9 Å². The number of sulfone groups is 1. The summed E-state index contributed by atoms with van der Waals surface area (Å²) in [4.78, 5) is 26.2. The molecule has 1 N–H and O–H groups in total. The lowest BCUT2D eigenvalue weighted by Crippen LogP contribution is -2.45. The van der Waals surface area contributed by atoms with Crippen LogP contribution in [0, 0.1) is 17.6 Å². The van der Waals surface area contributed by atoms with Crippen LogP contribution < -0.4 is 5.32 Å². The van der Waals surface area contributed by atoms with Crippen LogP contribution in [0.4, 0.5) is 8.78 Å². The van der Waals surface area contributed by atoms with Crippen molar-refractivity contribution in [1.82, 2.24) is 10.2 Å². The zero-order valence-electron chi connectivity index (χ0n) is 14.1. The summed E-state index contributed by atoms with van der Waals surface area (Å²) in [5, 5.41) is 2.78. The van der Waals surface area contributed by atoms with Crippen molar-refractivity contribution in [3.63, 3.8) is 0 Å². The van der Waals surface area contributed by atoms with Crippen LogP contribution in [0.5, 0.6) is 0 Å². The third-order valence-electron chi connectivity index (χ3n) is 4.90. The minimum Gasteiger partial charge on any atom is -0.352 e. The SMILES string of the molecule is O=C(NC1CCS(=O)(=O)C1)C1CCN(C(=O)c2ccc(F)c(F)c2)CC1. The van der Waals surface area contributed by atoms with E-state index in [1.807, 2.05) is 0 Å². The van der Waals surface area contributed by atoms with Gasteiger partial charge in [-0.25, -0.2) is 17.2 Å². The summed E-state index contributed by atoms with van der Waals surface area (Å²) in [5.41, 5.74) is 0.0722. The number of piperidine rings is 1. The predicted octanol–water partition coefficient (Wildman–Crippen LogP) is 1.12. The molecule has 0 spiro atoms. The molecule has 1 atom stereocenters. The molecule has 0 radical (unpaired) electrons. The van der Waals surface area contributed by atoms with Gasteiger partial charge >= 0.3 is 0 Å². The van der Waals surface area contributed by atoms with Crippen LogP contribution in [-0.4, -0.2) is 55.8 Å². The first-order valence-electron chi connectivity index (χ1n) is 8.50. The molecule has 0 aromatic heterocycles. The number of rotatable bonds is 3. The smallest absolute Gasteiger partial charge is 0.253 e. The van der Waals surface area contributed by atoms with E-state index >= 15 is 0 Å². The number of carbonyl (C=O) groups excluding carboxylic acids is 2. The lowest BCUT2D eigenvalue weighted by molar-refractivity contribution is -0.126. The van der Waals surface area contributed by atoms with Crippen molar-refractivity contribution in [2.75, 3.05) is 24.6 Å². The molecule has 26 heavy (non-hydrogen) atoms. The van der Waals surface area contributed by atoms with E-state index in [0.717, 1.165) is 12.1 Å². The van der Waals surface area contributed by atoms with Crippen molar-refractivity contribution in [1.29, 1.82) is 0 Å². The second-order valence-electron chi connectivity index (χ2n) is 6.80. The number of halogens is 2. The zero-order valence-corrected chi connectivity index (χ0v) is 14.9. The first kappa shape index (κ1) is 18.8. The van der Waals surface area contributed by atoms with E-state index in [2.05, 4.69) is 5.32 Å². The van der Waals surface area contributed by atoms with Gasteiger partial charge in [-0.15, -0.1) is 0 Å². The number of hydrogen-bond acceptors (Lipinski definition) is 4. The average Bonchev–Trinajstić information content (AvgIpc) is 2.95. The van der Waals surface area contributed by atoms with Crippen molar-refractivity contribution in [3.8, 4) is 0 Å². The molecular formula is C17H20F2N2O4S. The van der Waals surface area contributed by atoms with Gasteiger partial charge in [-0.1, -0.05) is 0 Å². The monoisotopic (exact) mass is 386 g/mol. The topological polar surface area (TPSA) is 83.6 Å². The summed E-state index contributed by atoms with van der Waals surface area (Å²) in [6, 6.07) is 2.68. The van der Waals surface area contributed by atoms with Gasteiger partial charge in [0.25, 0.3) is 5.91 Å². The van der Waals surface area contributed by atoms with Crippen molar-refractivity contribution >= 4 is 21.7 Å². The van der Waals surface area contributed by atoms with E-state index in [9.17, 15) is 26.8 Å². The molecule has 1 aromatic carbocycles. The Morgan fingerprint density at radius 3 is 2.35 bits per heavy atom. The van der Waals surface area contributed by atoms with Crippen molar-refractivity contribution in [3.05, 3.63) is 35.4 Å². The molecule has 2 amide bonds. The fraction of sp³-hybridized carbons (Fsp3) is 0.529. The van der Waals surface area contributed by atoms with Gasteiger partial charge in [0.2, 0.25) is 5.91 Å². The van der Waals surface area contributed by atoms with Crippen LogP contribution in [0.3, 0.4) is 0 Å². The lowest BCUT2D eigenvalue weighted by atomic mass is 9.95. The third-order valence-corrected chi connectivity index (χ3v) is 6.67. The maximum atomic E-state index is 13.3. The number of likely N-dealkylation sites (tertiary alicyclic amines) is 1. The molecule has 2 saturated heterocycles. The maximum Gasteiger partial charge on any atom is 0.253 e. The number of nitrogens with zero attached hydrogens (tertiary/aromatic N) is 1. The molecule has 2 aliphatic rings. The molecule has 0 aliphatic carbocycles. The summed E-state index contributed by atoms with van der Waals surface area (Å²) in [6.45, 7) is 0.664. The molecular weight excluding hydrogens is 366 g/mol. The molecule has 0 bridgehead atoms. The van der Waals surface area contributed by atoms with Crippen LogP contribution >= 0.6 is 0 Å². The highest BCUT2D eigenvalue weighted by atomic mass is 32.2. The molecule has 1 aromatic rings. The van der Waals surface area contributed by atoms with E-state index in [4.69, 9.17) is 0 Å². The summed E-state index contributed by atoms with van der Waals surface area (Å²) in [7, 11) is -3.05. The minimum atomic E-state index is -3.05. The summed E-state index contributed by atoms with van der Waals surface area (Å²) >= 11 is 0. The van der Waals surface area contributed by atoms with Crippen LogP contribution in [0.15, 0.2) is 18.2 Å². The number of nitrogens with one attached hydrogen (secondary N) is 1. The van der Waals surface area contributed by atoms with Gasteiger partial charge in [-0.3, -0.25) is 9.59 Å². The highest BCUT2D eigenvalue weighted by molar-refractivity contribution is 7.91. The number of benzene rings is 1. The fourth-order valence-electron chi connectivity index (χ4n) is 3.38. The van der Waals surface area contributed by atoms with E-state index in [1.165, 1.54) is 11.0 Å². The van der Waals surface area contributed by atoms with E-state index in [0.29, 0.717) is 32.4 Å². The number of carbonyl (C=O) groups is 2. The molecule has 2 heterocycles. The molecule has 3 rings (SSSR count). The van der Waals surface area contributed by atoms with E-state index < -0.39 is 27.4 Å². The molecule has 9 heteroatoms. The Kier molecular flexibility index (Phi) is 5.27. The summed E-state index contributed by atoms with van der Waals surface area (Å²) < 4.78 is 49.2. The second-order valence-corrected chi connectivity index (χ2v) is 9.03. The second kappa shape index (κ2) is 7.30. The highest BCUT2D eigenvalue weighted by Crippen LogP contribution is 2.21. The Labute approximate surface area is 150 Å². The maximum absolute atomic E-state index is 13.3. The van der Waals surface area contributed by atoms with Gasteiger partial charge < -0.3 is 10.2 Å². The van der Waals surface area contributed by atoms with Crippen molar-refractivity contribution < 1.29 is 26.8 Å². The molecule has 2 fully saturated rings. The Bertz CT molecular complexity index is 820. The Morgan fingerprint density at radius 1 is 1.08 bits per heavy atom. The predicted molar refractivity (Wildman–Crippen MR) is 90.2 cm³/mol. The van der Waals surface area contributed by atoms with Crippen molar-refractivity contribution in [2.45, 2.75) is 25.3 Å². The molecule has 0 saturated carbocycles. The first-order chi connectivity index (χ1) is 12.2. The zero-order chi connectivity index (χ0) is 18.9. The summed E-state index contributed by atoms with van der Waals surface area (Å²) in [5.74, 6) is -2.88. The normalized spacial score (nSPS) is 23.0. The molecule has 6 nitrogen and oxygen atoms in total. The minimum absolute atomic E-state index is 0.0216. The van der Waals surface area contributed by atoms with Gasteiger partial charge in [0.05, 0.1) is 11.5 Å². The standard InChI is InChI=1S/C17H20F2N2O4S/c18-14-2-1-12(9-15(14)19)17(23)21-6-3-11(4-7-21)16(22)20-13-5-8-26(24,25)10-13/h1-2,9,11,13H,3-8,10H2,(H,20,22). The van der Waals surface area contributed by atoms with Gasteiger partial charge in [0.1, 0.15) is 0 Å². The van der Waals surface area contributed by atoms with E-state index in [1.54, 1.807) is 0 Å². The Hall–Kier alpha value is -2.03. The van der Waals surface area contributed by atoms with Gasteiger partial charge in [-0.05, 0) is 37.5 Å². The molecule has 142 valence electrons. The quantitative estimate of drug-likeness (QED) is 0.844. The van der Waals surface area contributed by atoms with Crippen molar-refractivity contribution in [2.24, 2.45) is 5.92 Å². The van der Waals surface area contributed by atoms with Crippen LogP contribution in [0.1, 0.15) is 29.6 Å². The average molecular weight is 386 g/mol. The van der Waals surface area contributed by atoms with Crippen LogP contribution in [-0.2, 0) is 14.6 Å². The van der Waals surface area contributed by atoms with Gasteiger partial charge in [0, 0.05) is 30.6 Å². The Morgan fingerprint density at radius 2 is 1.77 bits per heavy atom.